The molecular formula is C21H12ClF4NO3. The predicted molar refractivity (Wildman–Crippen MR) is 102 cm³/mol. The summed E-state index contributed by atoms with van der Waals surface area (Å²) in [5.41, 5.74) is -2.91. The normalized spacial score (nSPS) is 18.9. The zero-order valence-corrected chi connectivity index (χ0v) is 15.8. The van der Waals surface area contributed by atoms with E-state index in [9.17, 15) is 27.5 Å². The molecule has 0 amide bonds. The average Bonchev–Trinajstić information content (AvgIpc) is 3.15. The topological polar surface area (TPSA) is 58.9 Å². The Hall–Kier alpha value is -3.13. The minimum absolute atomic E-state index is 0.0130. The summed E-state index contributed by atoms with van der Waals surface area (Å²) < 4.78 is 55.8. The van der Waals surface area contributed by atoms with E-state index in [2.05, 4.69) is 5.16 Å². The molecule has 1 unspecified atom stereocenters. The van der Waals surface area contributed by atoms with Crippen LogP contribution in [-0.2, 0) is 10.4 Å². The van der Waals surface area contributed by atoms with Crippen LogP contribution < -0.4 is 0 Å². The van der Waals surface area contributed by atoms with Gasteiger partial charge in [0.1, 0.15) is 5.82 Å². The lowest BCUT2D eigenvalue weighted by Crippen LogP contribution is -2.42. The second kappa shape index (κ2) is 6.98. The lowest BCUT2D eigenvalue weighted by atomic mass is 9.85. The van der Waals surface area contributed by atoms with Gasteiger partial charge in [0.05, 0.1) is 16.3 Å². The second-order valence-electron chi connectivity index (χ2n) is 6.77. The highest BCUT2D eigenvalue weighted by atomic mass is 35.5. The predicted octanol–water partition coefficient (Wildman–Crippen LogP) is 5.91. The minimum Gasteiger partial charge on any atom is -0.478 e. The number of nitrogens with zero attached hydrogens (tertiary/aromatic N) is 1. The number of rotatable bonds is 3. The molecule has 0 saturated carbocycles. The summed E-state index contributed by atoms with van der Waals surface area (Å²) in [6.07, 6.45) is -5.56. The van der Waals surface area contributed by atoms with Crippen molar-refractivity contribution in [1.82, 2.24) is 0 Å². The molecule has 1 heterocycles. The Morgan fingerprint density at radius 1 is 1.10 bits per heavy atom. The van der Waals surface area contributed by atoms with Crippen LogP contribution in [0, 0.1) is 5.82 Å². The zero-order chi connectivity index (χ0) is 21.7. The van der Waals surface area contributed by atoms with Crippen LogP contribution in [0.25, 0.3) is 10.8 Å². The quantitative estimate of drug-likeness (QED) is 0.518. The van der Waals surface area contributed by atoms with Crippen molar-refractivity contribution in [2.75, 3.05) is 0 Å². The molecule has 9 heteroatoms. The number of carboxylic acid groups (broad SMARTS) is 1. The monoisotopic (exact) mass is 437 g/mol. The highest BCUT2D eigenvalue weighted by molar-refractivity contribution is 6.30. The van der Waals surface area contributed by atoms with Crippen LogP contribution in [0.3, 0.4) is 0 Å². The Kier molecular flexibility index (Phi) is 4.69. The first-order chi connectivity index (χ1) is 14.1. The fraction of sp³-hybridized carbons (Fsp3) is 0.143. The third-order valence-electron chi connectivity index (χ3n) is 5.04. The first-order valence-electron chi connectivity index (χ1n) is 8.67. The van der Waals surface area contributed by atoms with Crippen LogP contribution in [-0.4, -0.2) is 23.0 Å². The van der Waals surface area contributed by atoms with Crippen LogP contribution in [0.5, 0.6) is 0 Å². The van der Waals surface area contributed by atoms with E-state index >= 15 is 0 Å². The standard InChI is InChI=1S/C21H12ClF4NO3/c22-16-9-11(5-8-17(16)23)20(21(24,25)26)10-18(27-30-20)14-6-7-15(19(28)29)13-4-2-1-3-12(13)14/h1-9H,10H2,(H,28,29). The van der Waals surface area contributed by atoms with Gasteiger partial charge < -0.3 is 9.94 Å². The van der Waals surface area contributed by atoms with Crippen molar-refractivity contribution in [3.63, 3.8) is 0 Å². The molecule has 0 fully saturated rings. The summed E-state index contributed by atoms with van der Waals surface area (Å²) in [5, 5.41) is 13.4. The molecule has 0 aromatic heterocycles. The Morgan fingerprint density at radius 2 is 1.80 bits per heavy atom. The van der Waals surface area contributed by atoms with E-state index in [4.69, 9.17) is 16.4 Å². The Balaban J connectivity index is 1.83. The largest absolute Gasteiger partial charge is 0.478 e. The van der Waals surface area contributed by atoms with Gasteiger partial charge in [-0.2, -0.15) is 13.2 Å². The molecule has 3 aromatic rings. The summed E-state index contributed by atoms with van der Waals surface area (Å²) in [7, 11) is 0. The van der Waals surface area contributed by atoms with Crippen molar-refractivity contribution in [3.05, 3.63) is 82.1 Å². The van der Waals surface area contributed by atoms with Crippen molar-refractivity contribution >= 4 is 34.1 Å². The van der Waals surface area contributed by atoms with Gasteiger partial charge in [0.25, 0.3) is 5.60 Å². The number of alkyl halides is 3. The van der Waals surface area contributed by atoms with E-state index in [0.717, 1.165) is 18.2 Å². The number of aromatic carboxylic acids is 1. The van der Waals surface area contributed by atoms with E-state index in [-0.39, 0.29) is 16.8 Å². The van der Waals surface area contributed by atoms with E-state index in [1.54, 1.807) is 24.3 Å². The fourth-order valence-electron chi connectivity index (χ4n) is 3.53. The molecule has 1 N–H and O–H groups in total. The molecule has 1 aliphatic rings. The maximum atomic E-state index is 14.1. The molecular weight excluding hydrogens is 426 g/mol. The van der Waals surface area contributed by atoms with Gasteiger partial charge in [-0.15, -0.1) is 0 Å². The van der Waals surface area contributed by atoms with Gasteiger partial charge in [-0.05, 0) is 29.0 Å². The first kappa shape index (κ1) is 20.2. The molecule has 30 heavy (non-hydrogen) atoms. The molecule has 0 saturated heterocycles. The van der Waals surface area contributed by atoms with Crippen LogP contribution in [0.1, 0.15) is 27.9 Å². The van der Waals surface area contributed by atoms with E-state index in [0.29, 0.717) is 16.3 Å². The van der Waals surface area contributed by atoms with Crippen LogP contribution in [0.15, 0.2) is 59.8 Å². The summed E-state index contributed by atoms with van der Waals surface area (Å²) in [6.45, 7) is 0. The fourth-order valence-corrected chi connectivity index (χ4v) is 3.71. The molecule has 0 spiro atoms. The van der Waals surface area contributed by atoms with Crippen LogP contribution >= 0.6 is 11.6 Å². The first-order valence-corrected chi connectivity index (χ1v) is 9.04. The third kappa shape index (κ3) is 3.08. The average molecular weight is 438 g/mol. The maximum absolute atomic E-state index is 14.1. The van der Waals surface area contributed by atoms with E-state index in [1.807, 2.05) is 0 Å². The van der Waals surface area contributed by atoms with E-state index in [1.165, 1.54) is 12.1 Å². The highest BCUT2D eigenvalue weighted by Crippen LogP contribution is 2.49. The molecule has 154 valence electrons. The van der Waals surface area contributed by atoms with Gasteiger partial charge in [0.15, 0.2) is 0 Å². The highest BCUT2D eigenvalue weighted by Gasteiger charge is 2.62. The summed E-state index contributed by atoms with van der Waals surface area (Å²) >= 11 is 5.69. The van der Waals surface area contributed by atoms with Gasteiger partial charge in [-0.1, -0.05) is 53.2 Å². The molecule has 1 atom stereocenters. The number of carbonyl (C=O) groups is 1. The van der Waals surface area contributed by atoms with Crippen LogP contribution in [0.4, 0.5) is 17.6 Å². The smallest absolute Gasteiger partial charge is 0.435 e. The number of fused-ring (bicyclic) bond motifs is 1. The summed E-state index contributed by atoms with van der Waals surface area (Å²) in [4.78, 5) is 16.4. The van der Waals surface area contributed by atoms with Gasteiger partial charge in [0.2, 0.25) is 0 Å². The van der Waals surface area contributed by atoms with Gasteiger partial charge >= 0.3 is 12.1 Å². The van der Waals surface area contributed by atoms with Crippen molar-refractivity contribution in [2.45, 2.75) is 18.2 Å². The summed E-state index contributed by atoms with van der Waals surface area (Å²) in [5.74, 6) is -2.01. The zero-order valence-electron chi connectivity index (χ0n) is 15.0. The minimum atomic E-state index is -4.88. The number of halogens is 5. The number of oxime groups is 1. The molecule has 0 bridgehead atoms. The van der Waals surface area contributed by atoms with Gasteiger partial charge in [-0.3, -0.25) is 0 Å². The molecule has 3 aromatic carbocycles. The van der Waals surface area contributed by atoms with E-state index < -0.39 is 35.0 Å². The number of carboxylic acids is 1. The maximum Gasteiger partial charge on any atom is 0.435 e. The van der Waals surface area contributed by atoms with Crippen molar-refractivity contribution < 1.29 is 32.3 Å². The van der Waals surface area contributed by atoms with Crippen molar-refractivity contribution in [1.29, 1.82) is 0 Å². The third-order valence-corrected chi connectivity index (χ3v) is 5.33. The molecule has 0 aliphatic carbocycles. The van der Waals surface area contributed by atoms with Crippen molar-refractivity contribution in [2.24, 2.45) is 5.16 Å². The second-order valence-corrected chi connectivity index (χ2v) is 7.18. The Labute approximate surface area is 172 Å². The lowest BCUT2D eigenvalue weighted by Gasteiger charge is -2.29. The molecule has 4 rings (SSSR count). The van der Waals surface area contributed by atoms with Gasteiger partial charge in [-0.25, -0.2) is 9.18 Å². The van der Waals surface area contributed by atoms with Crippen LogP contribution in [0.2, 0.25) is 5.02 Å². The number of hydrogen-bond acceptors (Lipinski definition) is 3. The number of benzene rings is 3. The molecule has 1 aliphatic heterocycles. The SMILES string of the molecule is O=C(O)c1ccc(C2=NOC(c3ccc(F)c(Cl)c3)(C(F)(F)F)C2)c2ccccc12. The number of hydrogen-bond donors (Lipinski definition) is 1. The Bertz CT molecular complexity index is 1210. The lowest BCUT2D eigenvalue weighted by molar-refractivity contribution is -0.275. The van der Waals surface area contributed by atoms with Gasteiger partial charge in [0, 0.05) is 17.5 Å². The molecule has 4 nitrogen and oxygen atoms in total. The molecule has 0 radical (unpaired) electrons. The Morgan fingerprint density at radius 3 is 2.43 bits per heavy atom. The van der Waals surface area contributed by atoms with Crippen molar-refractivity contribution in [3.8, 4) is 0 Å². The summed E-state index contributed by atoms with van der Waals surface area (Å²) in [6, 6.07) is 11.8.